The van der Waals surface area contributed by atoms with Crippen LogP contribution in [0.3, 0.4) is 0 Å². The Bertz CT molecular complexity index is 7020. The van der Waals surface area contributed by atoms with Crippen LogP contribution in [0, 0.1) is 82.9 Å². The first-order valence-corrected chi connectivity index (χ1v) is 43.2. The van der Waals surface area contributed by atoms with E-state index in [9.17, 15) is 0 Å². The number of hydrogen-bond donors (Lipinski definition) is 0. The van der Waals surface area contributed by atoms with Crippen molar-refractivity contribution in [2.45, 2.75) is 82.9 Å². The van der Waals surface area contributed by atoms with Gasteiger partial charge in [-0.1, -0.05) is 290 Å². The molecule has 0 amide bonds. The largest absolute Gasteiger partial charge is 0.213 e. The molecule has 0 aliphatic rings. The summed E-state index contributed by atoms with van der Waals surface area (Å²) in [6, 6.07) is 126. The van der Waals surface area contributed by atoms with E-state index >= 15 is 0 Å². The van der Waals surface area contributed by atoms with Gasteiger partial charge in [0.25, 0.3) is 0 Å². The number of rotatable bonds is 12. The molecular formula is C120H120N6+6. The SMILES string of the molecule is Cc1c[n+](C)c(-c2ccccc2C)cc1-c1ccccc1.Cc1ccc(-c2cc(-c3ccccc3)c(C)c[n+]2C)c(C)c1.Cc1ccc(-c2cc(-c3ccccc3)cc[n+]2C)c(C)c1.Cc1ccccc1-c1cc(-c2ccccc2)cc[n+]1C.[2H]C([2H])([2H])c1c[n+](C)c(-c2ccccc2C)cc1-c1ccccc1.[2H]C([2H])([2H])c1ccc(-c2cc(-c3ccccc3)cc[n+]2C)c(C)c1. The molecule has 126 heavy (non-hydrogen) atoms. The van der Waals surface area contributed by atoms with Gasteiger partial charge in [-0.25, -0.2) is 27.4 Å². The van der Waals surface area contributed by atoms with Crippen molar-refractivity contribution in [2.75, 3.05) is 0 Å². The first kappa shape index (κ1) is 81.2. The lowest BCUT2D eigenvalue weighted by atomic mass is 9.97. The Morgan fingerprint density at radius 3 is 0.659 bits per heavy atom. The lowest BCUT2D eigenvalue weighted by molar-refractivity contribution is -0.660. The fourth-order valence-electron chi connectivity index (χ4n) is 16.4. The summed E-state index contributed by atoms with van der Waals surface area (Å²) in [6.45, 7) is 17.1. The number of aromatic nitrogens is 6. The van der Waals surface area contributed by atoms with Crippen LogP contribution < -0.4 is 27.4 Å². The van der Waals surface area contributed by atoms with Gasteiger partial charge in [-0.3, -0.25) is 0 Å². The third-order valence-electron chi connectivity index (χ3n) is 23.3. The van der Waals surface area contributed by atoms with Crippen molar-refractivity contribution in [1.29, 1.82) is 0 Å². The molecule has 624 valence electrons. The maximum absolute atomic E-state index is 7.90. The Hall–Kier alpha value is -14.5. The predicted molar refractivity (Wildman–Crippen MR) is 528 cm³/mol. The van der Waals surface area contributed by atoms with Gasteiger partial charge in [0.05, 0.1) is 0 Å². The van der Waals surface area contributed by atoms with E-state index in [1.165, 1.54) is 134 Å². The molecule has 0 spiro atoms. The summed E-state index contributed by atoms with van der Waals surface area (Å²) < 4.78 is 59.1. The molecule has 6 heteroatoms. The Morgan fingerprint density at radius 1 is 0.159 bits per heavy atom. The second-order valence-corrected chi connectivity index (χ2v) is 32.9. The maximum Gasteiger partial charge on any atom is 0.213 e. The molecule has 6 aromatic heterocycles. The zero-order valence-electron chi connectivity index (χ0n) is 81.8. The molecule has 0 unspecified atom stereocenters. The van der Waals surface area contributed by atoms with Crippen molar-refractivity contribution in [3.63, 3.8) is 0 Å². The lowest BCUT2D eigenvalue weighted by Gasteiger charge is -2.10. The highest BCUT2D eigenvalue weighted by Crippen LogP contribution is 2.35. The van der Waals surface area contributed by atoms with E-state index in [1.54, 1.807) is 18.3 Å². The summed E-state index contributed by atoms with van der Waals surface area (Å²) >= 11 is 0. The normalized spacial score (nSPS) is 11.5. The second-order valence-electron chi connectivity index (χ2n) is 32.9. The summed E-state index contributed by atoms with van der Waals surface area (Å²) in [5.41, 5.74) is 41.8. The summed E-state index contributed by atoms with van der Waals surface area (Å²) in [7, 11) is 12.3. The number of hydrogen-bond acceptors (Lipinski definition) is 0. The minimum Gasteiger partial charge on any atom is -0.201 e. The van der Waals surface area contributed by atoms with Crippen molar-refractivity contribution in [1.82, 2.24) is 0 Å². The number of aryl methyl sites for hydroxylation is 18. The molecule has 0 atom stereocenters. The van der Waals surface area contributed by atoms with E-state index in [0.717, 1.165) is 55.9 Å². The van der Waals surface area contributed by atoms with Gasteiger partial charge in [0, 0.05) is 113 Å². The Labute approximate surface area is 758 Å². The summed E-state index contributed by atoms with van der Waals surface area (Å²) in [6.07, 6.45) is 12.5. The molecule has 0 radical (unpaired) electrons. The highest BCUT2D eigenvalue weighted by atomic mass is 14.9. The van der Waals surface area contributed by atoms with Crippen LogP contribution in [0.5, 0.6) is 0 Å². The van der Waals surface area contributed by atoms with E-state index in [1.807, 2.05) is 105 Å². The Balaban J connectivity index is 0.000000135. The van der Waals surface area contributed by atoms with Crippen molar-refractivity contribution < 1.29 is 35.6 Å². The van der Waals surface area contributed by atoms with Crippen LogP contribution in [0.1, 0.15) is 75.0 Å². The van der Waals surface area contributed by atoms with Gasteiger partial charge >= 0.3 is 0 Å². The summed E-state index contributed by atoms with van der Waals surface area (Å²) in [5.74, 6) is 0. The van der Waals surface area contributed by atoms with Crippen molar-refractivity contribution in [2.24, 2.45) is 42.3 Å². The molecule has 0 bridgehead atoms. The molecular weight excluding hydrogens is 1530 g/mol. The van der Waals surface area contributed by atoms with Gasteiger partial charge in [-0.2, -0.15) is 0 Å². The quantitative estimate of drug-likeness (QED) is 0.109. The minimum atomic E-state index is -2.16. The van der Waals surface area contributed by atoms with Gasteiger partial charge < -0.3 is 0 Å². The van der Waals surface area contributed by atoms with Gasteiger partial charge in [0.2, 0.25) is 34.2 Å². The monoisotopic (exact) mass is 1650 g/mol. The molecule has 6 heterocycles. The smallest absolute Gasteiger partial charge is 0.201 e. The Kier molecular flexibility index (Phi) is 27.1. The standard InChI is InChI=1S/C21H22N.4C20H20N.C19H18N/c1-15-10-11-19(16(2)12-15)21-13-20(17(3)14-22(21)4)18-8-6-5-7-9-18;2*1-15-9-7-8-12-18(15)20-13-19(16(2)14-21(20)3)17-10-5-4-6-11-17;2*1-15-9-10-19(16(2)13-15)20-14-18(11-12-21(20)3)17-7-5-4-6-8-17;1-15-8-6-7-11-18(15)19-14-17(12-13-20(19)2)16-9-4-3-5-10-16/h5-14H,1-4H3;4*4-14H,1-3H3;3-14H,1-2H3/q6*+1/i;2D3;;1D3;;. The van der Waals surface area contributed by atoms with Crippen LogP contribution in [0.4, 0.5) is 0 Å². The van der Waals surface area contributed by atoms with Crippen LogP contribution in [0.25, 0.3) is 134 Å². The molecule has 18 rings (SSSR count). The molecule has 0 saturated carbocycles. The van der Waals surface area contributed by atoms with Gasteiger partial charge in [0.1, 0.15) is 42.3 Å². The Morgan fingerprint density at radius 2 is 0.389 bits per heavy atom. The lowest BCUT2D eigenvalue weighted by Crippen LogP contribution is -2.31. The highest BCUT2D eigenvalue weighted by Gasteiger charge is 2.23. The number of nitrogens with zero attached hydrogens (tertiary/aromatic N) is 6. The third-order valence-corrected chi connectivity index (χ3v) is 23.3. The first-order valence-electron chi connectivity index (χ1n) is 46.2. The van der Waals surface area contributed by atoms with Crippen LogP contribution in [0.15, 0.2) is 401 Å². The first-order chi connectivity index (χ1) is 63.4. The van der Waals surface area contributed by atoms with E-state index < -0.39 is 13.7 Å². The van der Waals surface area contributed by atoms with Crippen molar-refractivity contribution >= 4 is 0 Å². The van der Waals surface area contributed by atoms with E-state index in [2.05, 4.69) is 417 Å². The topological polar surface area (TPSA) is 23.3 Å². The molecule has 18 aromatic rings. The molecule has 0 aliphatic heterocycles. The molecule has 0 N–H and O–H groups in total. The van der Waals surface area contributed by atoms with E-state index in [0.29, 0.717) is 11.1 Å². The van der Waals surface area contributed by atoms with Crippen molar-refractivity contribution in [3.05, 3.63) is 468 Å². The molecule has 12 aromatic carbocycles. The zero-order chi connectivity index (χ0) is 93.9. The molecule has 6 nitrogen and oxygen atoms in total. The van der Waals surface area contributed by atoms with Crippen LogP contribution in [0.2, 0.25) is 0 Å². The summed E-state index contributed by atoms with van der Waals surface area (Å²) in [5, 5.41) is 0. The minimum absolute atomic E-state index is 0.369. The fraction of sp³-hybridized carbons (Fsp3) is 0.150. The number of benzene rings is 12. The van der Waals surface area contributed by atoms with Crippen LogP contribution in [-0.4, -0.2) is 0 Å². The second kappa shape index (κ2) is 42.1. The van der Waals surface area contributed by atoms with Crippen molar-refractivity contribution in [3.8, 4) is 134 Å². The van der Waals surface area contributed by atoms with Crippen LogP contribution >= 0.6 is 0 Å². The average Bonchev–Trinajstić information content (AvgIpc) is 0.768. The van der Waals surface area contributed by atoms with E-state index in [4.69, 9.17) is 8.22 Å². The zero-order valence-corrected chi connectivity index (χ0v) is 75.8. The molecule has 0 aliphatic carbocycles. The van der Waals surface area contributed by atoms with Crippen LogP contribution in [-0.2, 0) is 42.3 Å². The van der Waals surface area contributed by atoms with E-state index in [-0.39, 0.29) is 0 Å². The summed E-state index contributed by atoms with van der Waals surface area (Å²) in [4.78, 5) is 0. The number of pyridine rings is 6. The fourth-order valence-corrected chi connectivity index (χ4v) is 16.4. The average molecular weight is 1650 g/mol. The molecule has 0 fully saturated rings. The maximum atomic E-state index is 7.90. The highest BCUT2D eigenvalue weighted by molar-refractivity contribution is 5.78. The third kappa shape index (κ3) is 22.3. The predicted octanol–water partition coefficient (Wildman–Crippen LogP) is 26.8. The van der Waals surface area contributed by atoms with Gasteiger partial charge in [-0.05, 0) is 219 Å². The van der Waals surface area contributed by atoms with Gasteiger partial charge in [0.15, 0.2) is 37.2 Å². The van der Waals surface area contributed by atoms with Gasteiger partial charge in [-0.15, -0.1) is 0 Å². The molecule has 0 saturated heterocycles.